The van der Waals surface area contributed by atoms with Crippen LogP contribution in [0.3, 0.4) is 0 Å². The number of anilines is 3. The zero-order valence-corrected chi connectivity index (χ0v) is 21.1. The summed E-state index contributed by atoms with van der Waals surface area (Å²) in [5, 5.41) is 7.98. The number of ether oxygens (including phenoxy) is 3. The van der Waals surface area contributed by atoms with Crippen molar-refractivity contribution in [3.8, 4) is 17.2 Å². The number of rotatable bonds is 12. The molecule has 3 aromatic rings. The Morgan fingerprint density at radius 3 is 1.84 bits per heavy atom. The molecule has 0 unspecified atom stereocenters. The van der Waals surface area contributed by atoms with Crippen LogP contribution >= 0.6 is 0 Å². The van der Waals surface area contributed by atoms with Crippen molar-refractivity contribution < 1.29 is 33.4 Å². The number of hydrogen-bond donors (Lipinski definition) is 3. The second-order valence-corrected chi connectivity index (χ2v) is 8.15. The van der Waals surface area contributed by atoms with Crippen LogP contribution in [0.15, 0.2) is 72.8 Å². The summed E-state index contributed by atoms with van der Waals surface area (Å²) in [5.41, 5.74) is 1.68. The molecular formula is C28H29N3O7. The highest BCUT2D eigenvalue weighted by Crippen LogP contribution is 2.31. The Bertz CT molecular complexity index is 1260. The lowest BCUT2D eigenvalue weighted by Gasteiger charge is -2.11. The van der Waals surface area contributed by atoms with Gasteiger partial charge in [-0.15, -0.1) is 0 Å². The lowest BCUT2D eigenvalue weighted by atomic mass is 10.2. The van der Waals surface area contributed by atoms with Crippen LogP contribution in [0, 0.1) is 0 Å². The van der Waals surface area contributed by atoms with E-state index in [1.807, 2.05) is 12.1 Å². The van der Waals surface area contributed by atoms with Crippen LogP contribution in [-0.4, -0.2) is 37.4 Å². The third kappa shape index (κ3) is 9.30. The molecule has 38 heavy (non-hydrogen) atoms. The number of methoxy groups -OCH3 is 1. The van der Waals surface area contributed by atoms with E-state index >= 15 is 0 Å². The largest absolute Gasteiger partial charge is 0.493 e. The zero-order chi connectivity index (χ0) is 27.3. The number of amides is 3. The van der Waals surface area contributed by atoms with E-state index in [1.54, 1.807) is 67.8 Å². The lowest BCUT2D eigenvalue weighted by Crippen LogP contribution is -2.21. The van der Waals surface area contributed by atoms with Crippen LogP contribution in [0.2, 0.25) is 0 Å². The van der Waals surface area contributed by atoms with Gasteiger partial charge in [-0.05, 0) is 67.1 Å². The molecule has 0 spiro atoms. The summed E-state index contributed by atoms with van der Waals surface area (Å²) in [5.74, 6) is 0.245. The van der Waals surface area contributed by atoms with Crippen molar-refractivity contribution in [1.82, 2.24) is 0 Å². The van der Waals surface area contributed by atoms with Gasteiger partial charge in [-0.3, -0.25) is 19.2 Å². The van der Waals surface area contributed by atoms with Gasteiger partial charge in [-0.25, -0.2) is 0 Å². The van der Waals surface area contributed by atoms with E-state index < -0.39 is 18.5 Å². The average molecular weight is 520 g/mol. The Morgan fingerprint density at radius 1 is 0.684 bits per heavy atom. The van der Waals surface area contributed by atoms with Gasteiger partial charge in [-0.1, -0.05) is 12.1 Å². The molecule has 10 heteroatoms. The van der Waals surface area contributed by atoms with Crippen LogP contribution < -0.4 is 25.4 Å². The SMILES string of the molecule is COc1ccccc1Oc1ccc(NC(=O)CCCC(=O)OCC(=O)Nc2ccc(NC(C)=O)cc2)cc1. The van der Waals surface area contributed by atoms with E-state index in [0.29, 0.717) is 34.3 Å². The molecule has 0 saturated heterocycles. The molecule has 0 aliphatic heterocycles. The first-order valence-corrected chi connectivity index (χ1v) is 11.9. The normalized spacial score (nSPS) is 10.2. The first-order chi connectivity index (χ1) is 18.3. The minimum Gasteiger partial charge on any atom is -0.493 e. The highest BCUT2D eigenvalue weighted by atomic mass is 16.5. The third-order valence-corrected chi connectivity index (χ3v) is 5.07. The number of carbonyl (C=O) groups excluding carboxylic acids is 4. The van der Waals surface area contributed by atoms with Crippen molar-refractivity contribution in [2.45, 2.75) is 26.2 Å². The highest BCUT2D eigenvalue weighted by Gasteiger charge is 2.11. The van der Waals surface area contributed by atoms with Crippen LogP contribution in [0.4, 0.5) is 17.1 Å². The van der Waals surface area contributed by atoms with Crippen molar-refractivity contribution in [2.24, 2.45) is 0 Å². The van der Waals surface area contributed by atoms with Crippen molar-refractivity contribution in [2.75, 3.05) is 29.7 Å². The Morgan fingerprint density at radius 2 is 1.24 bits per heavy atom. The fourth-order valence-corrected chi connectivity index (χ4v) is 3.31. The minimum atomic E-state index is -0.577. The summed E-state index contributed by atoms with van der Waals surface area (Å²) in [6, 6.07) is 20.7. The molecule has 10 nitrogen and oxygen atoms in total. The molecule has 0 bridgehead atoms. The Labute approximate surface area is 220 Å². The molecule has 0 fully saturated rings. The molecule has 3 N–H and O–H groups in total. The molecule has 198 valence electrons. The number of carbonyl (C=O) groups is 4. The van der Waals surface area contributed by atoms with Gasteiger partial charge in [0.15, 0.2) is 18.1 Å². The maximum Gasteiger partial charge on any atom is 0.306 e. The fraction of sp³-hybridized carbons (Fsp3) is 0.214. The quantitative estimate of drug-likeness (QED) is 0.295. The summed E-state index contributed by atoms with van der Waals surface area (Å²) in [7, 11) is 1.57. The van der Waals surface area contributed by atoms with Crippen molar-refractivity contribution >= 4 is 40.8 Å². The molecule has 0 heterocycles. The molecule has 3 aromatic carbocycles. The zero-order valence-electron chi connectivity index (χ0n) is 21.1. The first-order valence-electron chi connectivity index (χ1n) is 11.9. The first kappa shape index (κ1) is 27.7. The number of benzene rings is 3. The van der Waals surface area contributed by atoms with Crippen molar-refractivity contribution in [3.05, 3.63) is 72.8 Å². The maximum atomic E-state index is 12.2. The summed E-state index contributed by atoms with van der Waals surface area (Å²) in [6.45, 7) is 0.956. The summed E-state index contributed by atoms with van der Waals surface area (Å²) >= 11 is 0. The van der Waals surface area contributed by atoms with E-state index in [2.05, 4.69) is 16.0 Å². The van der Waals surface area contributed by atoms with Crippen molar-refractivity contribution in [1.29, 1.82) is 0 Å². The van der Waals surface area contributed by atoms with Gasteiger partial charge in [0, 0.05) is 36.8 Å². The predicted octanol–water partition coefficient (Wildman–Crippen LogP) is 4.74. The lowest BCUT2D eigenvalue weighted by molar-refractivity contribution is -0.147. The maximum absolute atomic E-state index is 12.2. The van der Waals surface area contributed by atoms with Gasteiger partial charge >= 0.3 is 5.97 Å². The van der Waals surface area contributed by atoms with Crippen LogP contribution in [0.1, 0.15) is 26.2 Å². The van der Waals surface area contributed by atoms with Crippen LogP contribution in [-0.2, 0) is 23.9 Å². The summed E-state index contributed by atoms with van der Waals surface area (Å²) in [4.78, 5) is 47.2. The number of hydrogen-bond acceptors (Lipinski definition) is 7. The van der Waals surface area contributed by atoms with E-state index in [-0.39, 0.29) is 31.1 Å². The topological polar surface area (TPSA) is 132 Å². The molecular weight excluding hydrogens is 490 g/mol. The standard InChI is InChI=1S/C28H29N3O7/c1-19(32)29-20-10-12-21(13-11-20)31-27(34)18-37-28(35)9-5-8-26(33)30-22-14-16-23(17-15-22)38-25-7-4-3-6-24(25)36-2/h3-4,6-7,10-17H,5,8-9,18H2,1-2H3,(H,29,32)(H,30,33)(H,31,34). The Kier molecular flexibility index (Phi) is 10.2. The highest BCUT2D eigenvalue weighted by molar-refractivity contribution is 5.94. The monoisotopic (exact) mass is 519 g/mol. The van der Waals surface area contributed by atoms with Gasteiger partial charge in [-0.2, -0.15) is 0 Å². The second kappa shape index (κ2) is 14.0. The van der Waals surface area contributed by atoms with Gasteiger partial charge in [0.05, 0.1) is 7.11 Å². The molecule has 3 amide bonds. The molecule has 0 atom stereocenters. The van der Waals surface area contributed by atoms with Crippen LogP contribution in [0.5, 0.6) is 17.2 Å². The molecule has 0 saturated carbocycles. The Balaban J connectivity index is 1.33. The molecule has 0 radical (unpaired) electrons. The summed E-state index contributed by atoms with van der Waals surface area (Å²) in [6.07, 6.45) is 0.380. The number of esters is 1. The minimum absolute atomic E-state index is 0.00218. The van der Waals surface area contributed by atoms with Crippen molar-refractivity contribution in [3.63, 3.8) is 0 Å². The van der Waals surface area contributed by atoms with Gasteiger partial charge in [0.1, 0.15) is 5.75 Å². The third-order valence-electron chi connectivity index (χ3n) is 5.07. The van der Waals surface area contributed by atoms with E-state index in [1.165, 1.54) is 6.92 Å². The van der Waals surface area contributed by atoms with Gasteiger partial charge < -0.3 is 30.2 Å². The van der Waals surface area contributed by atoms with Gasteiger partial charge in [0.25, 0.3) is 5.91 Å². The van der Waals surface area contributed by atoms with E-state index in [0.717, 1.165) is 0 Å². The smallest absolute Gasteiger partial charge is 0.306 e. The van der Waals surface area contributed by atoms with E-state index in [9.17, 15) is 19.2 Å². The van der Waals surface area contributed by atoms with E-state index in [4.69, 9.17) is 14.2 Å². The molecule has 0 aromatic heterocycles. The average Bonchev–Trinajstić information content (AvgIpc) is 2.90. The number of nitrogens with one attached hydrogen (secondary N) is 3. The molecule has 0 aliphatic rings. The summed E-state index contributed by atoms with van der Waals surface area (Å²) < 4.78 is 16.0. The van der Waals surface area contributed by atoms with Gasteiger partial charge in [0.2, 0.25) is 11.8 Å². The fourth-order valence-electron chi connectivity index (χ4n) is 3.31. The molecule has 3 rings (SSSR count). The molecule has 0 aliphatic carbocycles. The second-order valence-electron chi connectivity index (χ2n) is 8.15. The Hall–Kier alpha value is -4.86. The van der Waals surface area contributed by atoms with Crippen LogP contribution in [0.25, 0.3) is 0 Å². The number of para-hydroxylation sites is 2. The predicted molar refractivity (Wildman–Crippen MR) is 142 cm³/mol.